The Labute approximate surface area is 115 Å². The highest BCUT2D eigenvalue weighted by Gasteiger charge is 2.32. The highest BCUT2D eigenvalue weighted by atomic mass is 32.2. The summed E-state index contributed by atoms with van der Waals surface area (Å²) in [6.45, 7) is 1.67. The fourth-order valence-corrected chi connectivity index (χ4v) is 3.73. The largest absolute Gasteiger partial charge is 0.481 e. The summed E-state index contributed by atoms with van der Waals surface area (Å²) < 4.78 is 11.3. The topological polar surface area (TPSA) is 77.9 Å². The number of urea groups is 1. The molecule has 1 unspecified atom stereocenters. The van der Waals surface area contributed by atoms with Gasteiger partial charge in [0.2, 0.25) is 0 Å². The first-order chi connectivity index (χ1) is 9.08. The number of hydrogen-bond acceptors (Lipinski definition) is 3. The van der Waals surface area contributed by atoms with Crippen molar-refractivity contribution in [2.75, 3.05) is 31.1 Å². The maximum atomic E-state index is 12.4. The van der Waals surface area contributed by atoms with Gasteiger partial charge in [-0.1, -0.05) is 0 Å². The number of rotatable bonds is 2. The van der Waals surface area contributed by atoms with E-state index in [0.29, 0.717) is 31.1 Å². The van der Waals surface area contributed by atoms with Gasteiger partial charge in [0.1, 0.15) is 0 Å². The highest BCUT2D eigenvalue weighted by molar-refractivity contribution is 7.85. The number of carboxylic acid groups (broad SMARTS) is 1. The van der Waals surface area contributed by atoms with Crippen molar-refractivity contribution in [1.29, 1.82) is 0 Å². The lowest BCUT2D eigenvalue weighted by Gasteiger charge is -2.39. The molecular weight excluding hydrogens is 268 g/mol. The van der Waals surface area contributed by atoms with Gasteiger partial charge in [0.25, 0.3) is 0 Å². The van der Waals surface area contributed by atoms with Gasteiger partial charge in [-0.15, -0.1) is 0 Å². The van der Waals surface area contributed by atoms with E-state index in [2.05, 4.69) is 0 Å². The molecule has 2 aliphatic heterocycles. The molecule has 0 aromatic heterocycles. The van der Waals surface area contributed by atoms with Crippen molar-refractivity contribution in [1.82, 2.24) is 9.80 Å². The summed E-state index contributed by atoms with van der Waals surface area (Å²) in [6.07, 6.45) is 2.69. The number of likely N-dealkylation sites (tertiary alicyclic amines) is 1. The summed E-state index contributed by atoms with van der Waals surface area (Å²) >= 11 is 0. The summed E-state index contributed by atoms with van der Waals surface area (Å²) in [5, 5.41) is 8.92. The molecule has 0 radical (unpaired) electrons. The van der Waals surface area contributed by atoms with Crippen molar-refractivity contribution >= 4 is 22.8 Å². The molecule has 7 heteroatoms. The van der Waals surface area contributed by atoms with E-state index in [1.54, 1.807) is 9.80 Å². The molecule has 0 bridgehead atoms. The van der Waals surface area contributed by atoms with Crippen LogP contribution in [0.1, 0.15) is 25.7 Å². The minimum absolute atomic E-state index is 0.0194. The van der Waals surface area contributed by atoms with Gasteiger partial charge in [-0.2, -0.15) is 0 Å². The number of amides is 2. The van der Waals surface area contributed by atoms with E-state index in [4.69, 9.17) is 5.11 Å². The Balaban J connectivity index is 1.98. The average molecular weight is 288 g/mol. The second-order valence-corrected chi connectivity index (χ2v) is 6.75. The van der Waals surface area contributed by atoms with Crippen LogP contribution in [0.5, 0.6) is 0 Å². The first kappa shape index (κ1) is 14.3. The minimum Gasteiger partial charge on any atom is -0.481 e. The third-order valence-corrected chi connectivity index (χ3v) is 5.01. The van der Waals surface area contributed by atoms with Crippen LogP contribution in [0.15, 0.2) is 0 Å². The maximum absolute atomic E-state index is 12.4. The number of carbonyl (C=O) groups excluding carboxylic acids is 1. The van der Waals surface area contributed by atoms with E-state index >= 15 is 0 Å². The van der Waals surface area contributed by atoms with Gasteiger partial charge in [-0.05, 0) is 19.3 Å². The van der Waals surface area contributed by atoms with Crippen molar-refractivity contribution in [3.63, 3.8) is 0 Å². The molecule has 1 N–H and O–H groups in total. The molecule has 19 heavy (non-hydrogen) atoms. The number of piperidine rings is 1. The summed E-state index contributed by atoms with van der Waals surface area (Å²) in [7, 11) is -0.807. The van der Waals surface area contributed by atoms with Crippen LogP contribution in [0, 0.1) is 0 Å². The number of carbonyl (C=O) groups is 2. The van der Waals surface area contributed by atoms with Gasteiger partial charge >= 0.3 is 12.0 Å². The smallest absolute Gasteiger partial charge is 0.320 e. The third kappa shape index (κ3) is 3.68. The van der Waals surface area contributed by atoms with Crippen LogP contribution in [-0.2, 0) is 15.6 Å². The van der Waals surface area contributed by atoms with Crippen LogP contribution in [-0.4, -0.2) is 68.3 Å². The molecule has 0 aromatic carbocycles. The van der Waals surface area contributed by atoms with E-state index in [9.17, 15) is 13.8 Å². The zero-order valence-electron chi connectivity index (χ0n) is 10.9. The van der Waals surface area contributed by atoms with E-state index in [1.165, 1.54) is 0 Å². The van der Waals surface area contributed by atoms with Crippen LogP contribution in [0.4, 0.5) is 4.79 Å². The van der Waals surface area contributed by atoms with Crippen molar-refractivity contribution < 1.29 is 18.9 Å². The number of hydrogen-bond donors (Lipinski definition) is 1. The predicted octanol–water partition coefficient (Wildman–Crippen LogP) is 0.500. The van der Waals surface area contributed by atoms with E-state index in [1.807, 2.05) is 0 Å². The molecule has 6 nitrogen and oxygen atoms in total. The molecule has 0 saturated carbocycles. The summed E-state index contributed by atoms with van der Waals surface area (Å²) in [5.74, 6) is 0.205. The maximum Gasteiger partial charge on any atom is 0.320 e. The quantitative estimate of drug-likeness (QED) is 0.802. The lowest BCUT2D eigenvalue weighted by atomic mass is 10.00. The summed E-state index contributed by atoms with van der Waals surface area (Å²) in [5.41, 5.74) is 0. The van der Waals surface area contributed by atoms with E-state index < -0.39 is 16.8 Å². The Kier molecular flexibility index (Phi) is 4.79. The van der Waals surface area contributed by atoms with Gasteiger partial charge in [0.05, 0.1) is 6.42 Å². The van der Waals surface area contributed by atoms with Gasteiger partial charge in [0, 0.05) is 48.0 Å². The fraction of sp³-hybridized carbons (Fsp3) is 0.833. The summed E-state index contributed by atoms with van der Waals surface area (Å²) in [4.78, 5) is 26.7. The van der Waals surface area contributed by atoms with Gasteiger partial charge < -0.3 is 14.9 Å². The molecule has 2 fully saturated rings. The standard InChI is InChI=1S/C12H20N2O4S/c15-11(16)9-10-3-1-2-4-14(10)12(17)13-5-7-19(18)8-6-13/h10H,1-9H2,(H,15,16). The predicted molar refractivity (Wildman–Crippen MR) is 71.4 cm³/mol. The molecule has 108 valence electrons. The lowest BCUT2D eigenvalue weighted by molar-refractivity contribution is -0.138. The first-order valence-electron chi connectivity index (χ1n) is 6.70. The summed E-state index contributed by atoms with van der Waals surface area (Å²) in [6, 6.07) is -0.270. The Morgan fingerprint density at radius 3 is 2.47 bits per heavy atom. The van der Waals surface area contributed by atoms with Crippen LogP contribution in [0.3, 0.4) is 0 Å². The van der Waals surface area contributed by atoms with Gasteiger partial charge in [-0.3, -0.25) is 9.00 Å². The number of nitrogens with zero attached hydrogens (tertiary/aromatic N) is 2. The SMILES string of the molecule is O=C(O)CC1CCCCN1C(=O)N1CCS(=O)CC1. The molecule has 2 rings (SSSR count). The fourth-order valence-electron chi connectivity index (χ4n) is 2.68. The zero-order chi connectivity index (χ0) is 13.8. The Hall–Kier alpha value is -1.11. The molecule has 1 atom stereocenters. The van der Waals surface area contributed by atoms with E-state index in [0.717, 1.165) is 19.3 Å². The number of aliphatic carboxylic acids is 1. The zero-order valence-corrected chi connectivity index (χ0v) is 11.7. The second kappa shape index (κ2) is 6.36. The molecule has 2 amide bonds. The van der Waals surface area contributed by atoms with E-state index in [-0.39, 0.29) is 18.5 Å². The molecule has 0 spiro atoms. The highest BCUT2D eigenvalue weighted by Crippen LogP contribution is 2.21. The first-order valence-corrected chi connectivity index (χ1v) is 8.19. The lowest BCUT2D eigenvalue weighted by Crippen LogP contribution is -2.53. The Morgan fingerprint density at radius 2 is 1.84 bits per heavy atom. The molecular formula is C12H20N2O4S. The van der Waals surface area contributed by atoms with Crippen molar-refractivity contribution in [3.8, 4) is 0 Å². The minimum atomic E-state index is -0.857. The van der Waals surface area contributed by atoms with Crippen LogP contribution in [0.25, 0.3) is 0 Å². The molecule has 2 heterocycles. The van der Waals surface area contributed by atoms with Crippen molar-refractivity contribution in [3.05, 3.63) is 0 Å². The Bertz CT molecular complexity index is 378. The second-order valence-electron chi connectivity index (χ2n) is 5.06. The number of carboxylic acids is 1. The molecule has 0 aliphatic carbocycles. The monoisotopic (exact) mass is 288 g/mol. The van der Waals surface area contributed by atoms with Crippen LogP contribution < -0.4 is 0 Å². The van der Waals surface area contributed by atoms with Gasteiger partial charge in [-0.25, -0.2) is 4.79 Å². The molecule has 2 saturated heterocycles. The molecule has 2 aliphatic rings. The molecule has 0 aromatic rings. The average Bonchev–Trinajstić information content (AvgIpc) is 2.39. The van der Waals surface area contributed by atoms with Crippen LogP contribution in [0.2, 0.25) is 0 Å². The van der Waals surface area contributed by atoms with Gasteiger partial charge in [0.15, 0.2) is 0 Å². The Morgan fingerprint density at radius 1 is 1.16 bits per heavy atom. The van der Waals surface area contributed by atoms with Crippen molar-refractivity contribution in [2.45, 2.75) is 31.7 Å². The van der Waals surface area contributed by atoms with Crippen molar-refractivity contribution in [2.24, 2.45) is 0 Å². The normalized spacial score (nSPS) is 25.4. The van der Waals surface area contributed by atoms with Crippen LogP contribution >= 0.6 is 0 Å². The third-order valence-electron chi connectivity index (χ3n) is 3.73.